The Morgan fingerprint density at radius 2 is 1.87 bits per heavy atom. The van der Waals surface area contributed by atoms with Crippen molar-refractivity contribution in [1.29, 1.82) is 0 Å². The molecule has 0 saturated heterocycles. The zero-order valence-corrected chi connectivity index (χ0v) is 13.2. The fourth-order valence-corrected chi connectivity index (χ4v) is 4.21. The second-order valence-electron chi connectivity index (χ2n) is 6.39. The monoisotopic (exact) mass is 312 g/mol. The first-order valence-corrected chi connectivity index (χ1v) is 7.93. The molecule has 0 aromatic heterocycles. The molecule has 0 heterocycles. The molecular weight excluding hydrogens is 292 g/mol. The summed E-state index contributed by atoms with van der Waals surface area (Å²) in [5.41, 5.74) is -1.15. The van der Waals surface area contributed by atoms with Crippen LogP contribution in [0.5, 0.6) is 0 Å². The number of hydrogen-bond donors (Lipinski definition) is 0. The molecule has 3 rings (SSSR count). The van der Waals surface area contributed by atoms with E-state index >= 15 is 0 Å². The summed E-state index contributed by atoms with van der Waals surface area (Å²) in [7, 11) is 1.36. The van der Waals surface area contributed by atoms with E-state index in [-0.39, 0.29) is 24.0 Å². The van der Waals surface area contributed by atoms with Crippen molar-refractivity contribution in [2.75, 3.05) is 7.11 Å². The topological polar surface area (TPSA) is 60.4 Å². The number of methoxy groups -OCH3 is 1. The third-order valence-corrected chi connectivity index (χ3v) is 5.39. The number of fused-ring (bicyclic) bond motifs is 1. The van der Waals surface area contributed by atoms with E-state index in [4.69, 9.17) is 4.74 Å². The molecule has 4 heteroatoms. The smallest absolute Gasteiger partial charge is 0.313 e. The molecule has 1 fully saturated rings. The molecular formula is C19H20O4. The van der Waals surface area contributed by atoms with Gasteiger partial charge in [0.2, 0.25) is 0 Å². The van der Waals surface area contributed by atoms with E-state index in [2.05, 4.69) is 0 Å². The van der Waals surface area contributed by atoms with E-state index in [1.807, 2.05) is 18.2 Å². The highest BCUT2D eigenvalue weighted by Gasteiger charge is 2.64. The highest BCUT2D eigenvalue weighted by atomic mass is 16.5. The number of benzene rings is 1. The first kappa shape index (κ1) is 15.7. The van der Waals surface area contributed by atoms with Crippen LogP contribution in [-0.2, 0) is 14.3 Å². The molecule has 1 aromatic rings. The van der Waals surface area contributed by atoms with E-state index < -0.39 is 10.8 Å². The molecule has 0 N–H and O–H groups in total. The van der Waals surface area contributed by atoms with Gasteiger partial charge in [-0.25, -0.2) is 0 Å². The van der Waals surface area contributed by atoms with Crippen LogP contribution in [0.4, 0.5) is 0 Å². The van der Waals surface area contributed by atoms with Gasteiger partial charge in [0.15, 0.2) is 11.6 Å². The summed E-state index contributed by atoms with van der Waals surface area (Å²) in [6.07, 6.45) is 6.12. The van der Waals surface area contributed by atoms with E-state index in [1.54, 1.807) is 24.3 Å². The molecule has 1 aromatic carbocycles. The number of carbonyl (C=O) groups excluding carboxylic acids is 3. The fourth-order valence-electron chi connectivity index (χ4n) is 4.21. The molecule has 0 unspecified atom stereocenters. The molecule has 0 amide bonds. The van der Waals surface area contributed by atoms with Crippen molar-refractivity contribution in [3.05, 3.63) is 48.0 Å². The summed E-state index contributed by atoms with van der Waals surface area (Å²) in [6, 6.07) is 8.80. The van der Waals surface area contributed by atoms with Crippen LogP contribution in [0.2, 0.25) is 0 Å². The largest absolute Gasteiger partial charge is 0.469 e. The Labute approximate surface area is 135 Å². The summed E-state index contributed by atoms with van der Waals surface area (Å²) < 4.78 is 4.99. The Hall–Kier alpha value is -2.23. The fraction of sp³-hybridized carbons (Fsp3) is 0.421. The van der Waals surface area contributed by atoms with Crippen LogP contribution in [-0.4, -0.2) is 24.6 Å². The van der Waals surface area contributed by atoms with Crippen LogP contribution in [0.1, 0.15) is 42.5 Å². The average molecular weight is 312 g/mol. The molecule has 0 radical (unpaired) electrons. The van der Waals surface area contributed by atoms with Crippen LogP contribution in [0, 0.1) is 10.8 Å². The van der Waals surface area contributed by atoms with Gasteiger partial charge in [0, 0.05) is 5.56 Å². The number of Topliss-reactive ketones (excluding diaryl/α,β-unsaturated/α-hetero) is 2. The lowest BCUT2D eigenvalue weighted by Gasteiger charge is -2.36. The highest BCUT2D eigenvalue weighted by molar-refractivity contribution is 6.11. The molecule has 23 heavy (non-hydrogen) atoms. The maximum Gasteiger partial charge on any atom is 0.313 e. The Bertz CT molecular complexity index is 676. The van der Waals surface area contributed by atoms with Crippen LogP contribution < -0.4 is 0 Å². The molecule has 2 aliphatic carbocycles. The quantitative estimate of drug-likeness (QED) is 0.363. The van der Waals surface area contributed by atoms with Gasteiger partial charge in [-0.05, 0) is 19.3 Å². The summed E-state index contributed by atoms with van der Waals surface area (Å²) in [6.45, 7) is 0. The van der Waals surface area contributed by atoms with Crippen molar-refractivity contribution in [1.82, 2.24) is 0 Å². The van der Waals surface area contributed by atoms with E-state index in [0.717, 1.165) is 6.42 Å². The van der Waals surface area contributed by atoms with Crippen LogP contribution in [0.15, 0.2) is 42.5 Å². The number of ketones is 2. The summed E-state index contributed by atoms with van der Waals surface area (Å²) in [4.78, 5) is 37.7. The predicted octanol–water partition coefficient (Wildman–Crippen LogP) is 3.12. The number of allylic oxidation sites excluding steroid dienone is 2. The first-order valence-electron chi connectivity index (χ1n) is 7.93. The predicted molar refractivity (Wildman–Crippen MR) is 84.9 cm³/mol. The lowest BCUT2D eigenvalue weighted by atomic mass is 9.64. The first-order chi connectivity index (χ1) is 11.1. The Balaban J connectivity index is 1.87. The van der Waals surface area contributed by atoms with Crippen LogP contribution in [0.3, 0.4) is 0 Å². The summed E-state index contributed by atoms with van der Waals surface area (Å²) in [5, 5.41) is 0. The van der Waals surface area contributed by atoms with Crippen molar-refractivity contribution < 1.29 is 19.1 Å². The maximum atomic E-state index is 13.0. The van der Waals surface area contributed by atoms with Gasteiger partial charge in [-0.1, -0.05) is 48.9 Å². The Morgan fingerprint density at radius 1 is 1.13 bits per heavy atom. The van der Waals surface area contributed by atoms with Gasteiger partial charge in [-0.2, -0.15) is 0 Å². The number of carbonyl (C=O) groups is 3. The molecule has 2 aliphatic rings. The zero-order valence-electron chi connectivity index (χ0n) is 13.2. The molecule has 0 aliphatic heterocycles. The lowest BCUT2D eigenvalue weighted by Crippen LogP contribution is -2.46. The number of rotatable bonds is 5. The van der Waals surface area contributed by atoms with Crippen molar-refractivity contribution >= 4 is 17.5 Å². The van der Waals surface area contributed by atoms with Crippen LogP contribution >= 0.6 is 0 Å². The standard InChI is InChI=1S/C19H20O4/c1-23-17(22)19-11-5-9-18(19,10-6-12-19)16(21)13-15(20)14-7-3-2-4-8-14/h2-5,7-9H,6,10-13H2,1H3/t18-,19+/m1/s1. The van der Waals surface area contributed by atoms with Crippen molar-refractivity contribution in [2.24, 2.45) is 10.8 Å². The minimum atomic E-state index is -0.871. The average Bonchev–Trinajstić information content (AvgIpc) is 3.12. The van der Waals surface area contributed by atoms with E-state index in [1.165, 1.54) is 7.11 Å². The van der Waals surface area contributed by atoms with Gasteiger partial charge in [0.05, 0.1) is 24.4 Å². The number of hydrogen-bond acceptors (Lipinski definition) is 4. The third-order valence-electron chi connectivity index (χ3n) is 5.39. The summed E-state index contributed by atoms with van der Waals surface area (Å²) in [5.74, 6) is -0.695. The molecule has 0 spiro atoms. The third kappa shape index (κ3) is 2.24. The van der Waals surface area contributed by atoms with Gasteiger partial charge in [-0.15, -0.1) is 0 Å². The second-order valence-corrected chi connectivity index (χ2v) is 6.39. The highest BCUT2D eigenvalue weighted by Crippen LogP contribution is 2.61. The van der Waals surface area contributed by atoms with Gasteiger partial charge in [-0.3, -0.25) is 14.4 Å². The van der Waals surface area contributed by atoms with Crippen molar-refractivity contribution in [2.45, 2.75) is 32.1 Å². The molecule has 120 valence electrons. The normalized spacial score (nSPS) is 28.4. The molecule has 4 nitrogen and oxygen atoms in total. The van der Waals surface area contributed by atoms with Crippen molar-refractivity contribution in [3.63, 3.8) is 0 Å². The second kappa shape index (κ2) is 5.76. The van der Waals surface area contributed by atoms with E-state index in [0.29, 0.717) is 24.8 Å². The maximum absolute atomic E-state index is 13.0. The Morgan fingerprint density at radius 3 is 2.57 bits per heavy atom. The lowest BCUT2D eigenvalue weighted by molar-refractivity contribution is -0.160. The number of esters is 1. The minimum Gasteiger partial charge on any atom is -0.469 e. The molecule has 2 atom stereocenters. The van der Waals surface area contributed by atoms with Gasteiger partial charge in [0.25, 0.3) is 0 Å². The SMILES string of the molecule is COC(=O)[C@@]12CC=C[C@]1(C(=O)CC(=O)c1ccccc1)CCC2. The molecule has 1 saturated carbocycles. The number of ether oxygens (including phenoxy) is 1. The van der Waals surface area contributed by atoms with Crippen LogP contribution in [0.25, 0.3) is 0 Å². The van der Waals surface area contributed by atoms with Gasteiger partial charge >= 0.3 is 5.97 Å². The summed E-state index contributed by atoms with van der Waals surface area (Å²) >= 11 is 0. The Kier molecular flexibility index (Phi) is 3.92. The molecule has 0 bridgehead atoms. The van der Waals surface area contributed by atoms with Gasteiger partial charge < -0.3 is 4.74 Å². The zero-order chi connectivity index (χ0) is 16.5. The van der Waals surface area contributed by atoms with E-state index in [9.17, 15) is 14.4 Å². The van der Waals surface area contributed by atoms with Gasteiger partial charge in [0.1, 0.15) is 0 Å². The van der Waals surface area contributed by atoms with Crippen molar-refractivity contribution in [3.8, 4) is 0 Å². The minimum absolute atomic E-state index is 0.164.